The number of fused-ring (bicyclic) bond motifs is 3. The summed E-state index contributed by atoms with van der Waals surface area (Å²) in [6.45, 7) is 0. The quantitative estimate of drug-likeness (QED) is 0.154. The molecule has 0 saturated carbocycles. The molecule has 0 fully saturated rings. The lowest BCUT2D eigenvalue weighted by Gasteiger charge is -2.14. The third-order valence-electron chi connectivity index (χ3n) is 10.4. The van der Waals surface area contributed by atoms with E-state index < -0.39 is 0 Å². The van der Waals surface area contributed by atoms with E-state index in [2.05, 4.69) is 194 Å². The van der Waals surface area contributed by atoms with Gasteiger partial charge in [-0.3, -0.25) is 0 Å². The standard InChI is InChI=1S/C53H35N3/c1-5-15-36(16-6-1)45-33-49(38-19-9-3-10-20-38)54-50(34-45)44-26-14-24-42(32-44)41-23-13-25-43(31-41)47-35-51(39-21-11-4-12-22-39)56-53-46(47)29-27-40-28-30-48(55-52(40)53)37-17-7-2-8-18-37/h1-35H. The van der Waals surface area contributed by atoms with Gasteiger partial charge in [0.2, 0.25) is 0 Å². The highest BCUT2D eigenvalue weighted by Crippen LogP contribution is 2.38. The molecule has 0 unspecified atom stereocenters. The molecule has 3 nitrogen and oxygen atoms in total. The molecule has 0 aliphatic carbocycles. The topological polar surface area (TPSA) is 38.7 Å². The van der Waals surface area contributed by atoms with Crippen LogP contribution in [0.15, 0.2) is 212 Å². The van der Waals surface area contributed by atoms with Gasteiger partial charge in [0.15, 0.2) is 0 Å². The lowest BCUT2D eigenvalue weighted by atomic mass is 9.93. The molecule has 10 rings (SSSR count). The highest BCUT2D eigenvalue weighted by atomic mass is 14.8. The van der Waals surface area contributed by atoms with Crippen LogP contribution in [-0.4, -0.2) is 15.0 Å². The fraction of sp³-hybridized carbons (Fsp3) is 0. The molecule has 0 bridgehead atoms. The maximum atomic E-state index is 5.31. The van der Waals surface area contributed by atoms with Crippen LogP contribution in [0, 0.1) is 0 Å². The number of nitrogens with zero attached hydrogens (tertiary/aromatic N) is 3. The molecule has 3 heteroatoms. The van der Waals surface area contributed by atoms with Gasteiger partial charge in [-0.25, -0.2) is 15.0 Å². The van der Waals surface area contributed by atoms with Crippen LogP contribution in [0.25, 0.3) is 100 Å². The number of rotatable bonds is 7. The summed E-state index contributed by atoms with van der Waals surface area (Å²) < 4.78 is 0. The molecule has 0 amide bonds. The molecule has 0 saturated heterocycles. The summed E-state index contributed by atoms with van der Waals surface area (Å²) in [6.07, 6.45) is 0. The first-order valence-corrected chi connectivity index (χ1v) is 18.9. The number of pyridine rings is 3. The van der Waals surface area contributed by atoms with E-state index in [0.717, 1.165) is 100 Å². The first kappa shape index (κ1) is 33.1. The van der Waals surface area contributed by atoms with Crippen LogP contribution < -0.4 is 0 Å². The minimum atomic E-state index is 0.891. The zero-order valence-electron chi connectivity index (χ0n) is 30.5. The van der Waals surface area contributed by atoms with Crippen molar-refractivity contribution in [2.45, 2.75) is 0 Å². The maximum Gasteiger partial charge on any atom is 0.0978 e. The van der Waals surface area contributed by atoms with Gasteiger partial charge in [0.05, 0.1) is 33.8 Å². The number of hydrogen-bond acceptors (Lipinski definition) is 3. The second-order valence-corrected chi connectivity index (χ2v) is 14.0. The SMILES string of the molecule is c1ccc(-c2cc(-c3ccccc3)nc(-c3cccc(-c4cccc(-c5cc(-c6ccccc6)nc6c5ccc5ccc(-c7ccccc7)nc56)c4)c3)c2)cc1. The second kappa shape index (κ2) is 14.4. The molecule has 3 aromatic heterocycles. The molecule has 0 radical (unpaired) electrons. The van der Waals surface area contributed by atoms with Crippen LogP contribution in [0.3, 0.4) is 0 Å². The molecule has 0 aliphatic heterocycles. The zero-order chi connectivity index (χ0) is 37.3. The summed E-state index contributed by atoms with van der Waals surface area (Å²) >= 11 is 0. The third-order valence-corrected chi connectivity index (χ3v) is 10.4. The Hall–Kier alpha value is -7.49. The van der Waals surface area contributed by atoms with Crippen LogP contribution >= 0.6 is 0 Å². The van der Waals surface area contributed by atoms with Crippen LogP contribution in [0.4, 0.5) is 0 Å². The van der Waals surface area contributed by atoms with Gasteiger partial charge < -0.3 is 0 Å². The Morgan fingerprint density at radius 1 is 0.232 bits per heavy atom. The summed E-state index contributed by atoms with van der Waals surface area (Å²) in [5, 5.41) is 2.13. The predicted molar refractivity (Wildman–Crippen MR) is 233 cm³/mol. The fourth-order valence-corrected chi connectivity index (χ4v) is 7.59. The summed E-state index contributed by atoms with van der Waals surface area (Å²) in [5.41, 5.74) is 16.6. The maximum absolute atomic E-state index is 5.31. The van der Waals surface area contributed by atoms with Crippen molar-refractivity contribution in [3.8, 4) is 78.4 Å². The Balaban J connectivity index is 1.11. The molecule has 56 heavy (non-hydrogen) atoms. The molecule has 10 aromatic rings. The highest BCUT2D eigenvalue weighted by Gasteiger charge is 2.16. The van der Waals surface area contributed by atoms with Crippen LogP contribution in [0.1, 0.15) is 0 Å². The Kier molecular flexibility index (Phi) is 8.51. The summed E-state index contributed by atoms with van der Waals surface area (Å²) in [5.74, 6) is 0. The number of aromatic nitrogens is 3. The van der Waals surface area contributed by atoms with Crippen molar-refractivity contribution >= 4 is 21.8 Å². The molecule has 7 aromatic carbocycles. The van der Waals surface area contributed by atoms with E-state index in [4.69, 9.17) is 15.0 Å². The smallest absolute Gasteiger partial charge is 0.0978 e. The minimum absolute atomic E-state index is 0.891. The van der Waals surface area contributed by atoms with Crippen molar-refractivity contribution in [2.24, 2.45) is 0 Å². The first-order valence-electron chi connectivity index (χ1n) is 18.9. The normalized spacial score (nSPS) is 11.2. The average molecular weight is 714 g/mol. The van der Waals surface area contributed by atoms with E-state index in [0.29, 0.717) is 0 Å². The van der Waals surface area contributed by atoms with Crippen LogP contribution in [-0.2, 0) is 0 Å². The molecule has 262 valence electrons. The molecule has 0 aliphatic rings. The van der Waals surface area contributed by atoms with Crippen molar-refractivity contribution in [1.29, 1.82) is 0 Å². The van der Waals surface area contributed by atoms with Crippen molar-refractivity contribution in [2.75, 3.05) is 0 Å². The molecule has 0 atom stereocenters. The van der Waals surface area contributed by atoms with Gasteiger partial charge in [0.25, 0.3) is 0 Å². The van der Waals surface area contributed by atoms with Gasteiger partial charge in [0, 0.05) is 33.0 Å². The van der Waals surface area contributed by atoms with Crippen molar-refractivity contribution in [3.05, 3.63) is 212 Å². The number of benzene rings is 7. The van der Waals surface area contributed by atoms with E-state index in [1.807, 2.05) is 18.2 Å². The highest BCUT2D eigenvalue weighted by molar-refractivity contribution is 6.10. The third kappa shape index (κ3) is 6.42. The van der Waals surface area contributed by atoms with Gasteiger partial charge >= 0.3 is 0 Å². The van der Waals surface area contributed by atoms with E-state index in [1.54, 1.807) is 0 Å². The summed E-state index contributed by atoms with van der Waals surface area (Å²) in [7, 11) is 0. The minimum Gasteiger partial charge on any atom is -0.248 e. The predicted octanol–water partition coefficient (Wildman–Crippen LogP) is 13.8. The monoisotopic (exact) mass is 713 g/mol. The summed E-state index contributed by atoms with van der Waals surface area (Å²) in [6, 6.07) is 74.5. The molecular weight excluding hydrogens is 679 g/mol. The second-order valence-electron chi connectivity index (χ2n) is 14.0. The Morgan fingerprint density at radius 2 is 0.679 bits per heavy atom. The number of hydrogen-bond donors (Lipinski definition) is 0. The van der Waals surface area contributed by atoms with E-state index in [1.165, 1.54) is 0 Å². The molecule has 0 spiro atoms. The van der Waals surface area contributed by atoms with E-state index >= 15 is 0 Å². The van der Waals surface area contributed by atoms with Crippen LogP contribution in [0.2, 0.25) is 0 Å². The lowest BCUT2D eigenvalue weighted by molar-refractivity contribution is 1.32. The van der Waals surface area contributed by atoms with Crippen LogP contribution in [0.5, 0.6) is 0 Å². The van der Waals surface area contributed by atoms with Gasteiger partial charge in [-0.2, -0.15) is 0 Å². The largest absolute Gasteiger partial charge is 0.248 e. The lowest BCUT2D eigenvalue weighted by Crippen LogP contribution is -1.94. The van der Waals surface area contributed by atoms with E-state index in [-0.39, 0.29) is 0 Å². The van der Waals surface area contributed by atoms with Gasteiger partial charge in [0.1, 0.15) is 0 Å². The Morgan fingerprint density at radius 3 is 1.30 bits per heavy atom. The fourth-order valence-electron chi connectivity index (χ4n) is 7.59. The summed E-state index contributed by atoms with van der Waals surface area (Å²) in [4.78, 5) is 15.7. The van der Waals surface area contributed by atoms with Crippen molar-refractivity contribution in [3.63, 3.8) is 0 Å². The van der Waals surface area contributed by atoms with Gasteiger partial charge in [-0.15, -0.1) is 0 Å². The van der Waals surface area contributed by atoms with E-state index in [9.17, 15) is 0 Å². The zero-order valence-corrected chi connectivity index (χ0v) is 30.5. The van der Waals surface area contributed by atoms with Gasteiger partial charge in [-0.05, 0) is 69.8 Å². The molecule has 3 heterocycles. The van der Waals surface area contributed by atoms with Crippen molar-refractivity contribution < 1.29 is 0 Å². The first-order chi connectivity index (χ1) is 27.7. The Bertz CT molecular complexity index is 2940. The average Bonchev–Trinajstić information content (AvgIpc) is 3.29. The Labute approximate surface area is 326 Å². The molecular formula is C53H35N3. The van der Waals surface area contributed by atoms with Crippen molar-refractivity contribution in [1.82, 2.24) is 15.0 Å². The van der Waals surface area contributed by atoms with Gasteiger partial charge in [-0.1, -0.05) is 176 Å². The molecule has 0 N–H and O–H groups in total.